The average Bonchev–Trinajstić information content (AvgIpc) is 2.87. The Bertz CT molecular complexity index is 405. The maximum atomic E-state index is 5.95. The molecule has 1 aromatic rings. The summed E-state index contributed by atoms with van der Waals surface area (Å²) >= 11 is 5.95. The van der Waals surface area contributed by atoms with E-state index in [0.717, 1.165) is 32.6 Å². The zero-order chi connectivity index (χ0) is 13.7. The smallest absolute Gasteiger partial charge is 0.231 e. The van der Waals surface area contributed by atoms with Gasteiger partial charge in [-0.1, -0.05) is 0 Å². The highest BCUT2D eigenvalue weighted by Gasteiger charge is 2.16. The molecule has 1 N–H and O–H groups in total. The van der Waals surface area contributed by atoms with Crippen LogP contribution in [-0.4, -0.2) is 60.1 Å². The summed E-state index contributed by atoms with van der Waals surface area (Å²) in [6.07, 6.45) is 3.42. The molecule has 1 saturated heterocycles. The molecule has 1 aromatic heterocycles. The van der Waals surface area contributed by atoms with Gasteiger partial charge in [0.2, 0.25) is 17.2 Å². The molecule has 7 heteroatoms. The number of nitrogens with one attached hydrogen (secondary N) is 1. The van der Waals surface area contributed by atoms with E-state index >= 15 is 0 Å². The van der Waals surface area contributed by atoms with Crippen molar-refractivity contribution in [3.8, 4) is 0 Å². The van der Waals surface area contributed by atoms with Crippen molar-refractivity contribution in [1.29, 1.82) is 0 Å². The van der Waals surface area contributed by atoms with Crippen LogP contribution in [-0.2, 0) is 0 Å². The quantitative estimate of drug-likeness (QED) is 0.799. The Morgan fingerprint density at radius 1 is 1.21 bits per heavy atom. The Labute approximate surface area is 119 Å². The molecule has 106 valence electrons. The number of nitrogens with zero attached hydrogens (tertiary/aromatic N) is 5. The third-order valence-electron chi connectivity index (χ3n) is 3.05. The highest BCUT2D eigenvalue weighted by atomic mass is 35.5. The van der Waals surface area contributed by atoms with Crippen LogP contribution in [0.5, 0.6) is 0 Å². The van der Waals surface area contributed by atoms with Crippen LogP contribution in [0.15, 0.2) is 0 Å². The molecule has 19 heavy (non-hydrogen) atoms. The van der Waals surface area contributed by atoms with Crippen molar-refractivity contribution in [3.63, 3.8) is 0 Å². The van der Waals surface area contributed by atoms with Crippen LogP contribution in [0.3, 0.4) is 0 Å². The Morgan fingerprint density at radius 2 is 1.95 bits per heavy atom. The lowest BCUT2D eigenvalue weighted by molar-refractivity contribution is 0.405. The minimum Gasteiger partial charge on any atom is -0.354 e. The van der Waals surface area contributed by atoms with Gasteiger partial charge in [-0.2, -0.15) is 15.0 Å². The summed E-state index contributed by atoms with van der Waals surface area (Å²) in [7, 11) is 4.12. The van der Waals surface area contributed by atoms with Gasteiger partial charge >= 0.3 is 0 Å². The first-order valence-corrected chi connectivity index (χ1v) is 7.08. The molecular formula is C12H21ClN6. The molecule has 2 rings (SSSR count). The van der Waals surface area contributed by atoms with Gasteiger partial charge in [-0.25, -0.2) is 0 Å². The lowest BCUT2D eigenvalue weighted by Crippen LogP contribution is -2.22. The summed E-state index contributed by atoms with van der Waals surface area (Å²) in [6, 6.07) is 0. The fraction of sp³-hybridized carbons (Fsp3) is 0.750. The van der Waals surface area contributed by atoms with Gasteiger partial charge < -0.3 is 15.1 Å². The van der Waals surface area contributed by atoms with Crippen molar-refractivity contribution in [2.45, 2.75) is 19.3 Å². The second-order valence-corrected chi connectivity index (χ2v) is 5.34. The van der Waals surface area contributed by atoms with E-state index in [4.69, 9.17) is 11.6 Å². The standard InChI is InChI=1S/C12H21ClN6/c1-18(2)7-5-6-14-11-15-10(13)16-12(17-11)19-8-3-4-9-19/h3-9H2,1-2H3,(H,14,15,16,17). The van der Waals surface area contributed by atoms with Crippen molar-refractivity contribution in [1.82, 2.24) is 19.9 Å². The van der Waals surface area contributed by atoms with Gasteiger partial charge in [0.25, 0.3) is 0 Å². The van der Waals surface area contributed by atoms with Gasteiger partial charge in [-0.05, 0) is 51.5 Å². The lowest BCUT2D eigenvalue weighted by atomic mass is 10.4. The van der Waals surface area contributed by atoms with Crippen LogP contribution in [0.2, 0.25) is 5.28 Å². The molecule has 1 fully saturated rings. The summed E-state index contributed by atoms with van der Waals surface area (Å²) in [5.41, 5.74) is 0. The first-order valence-electron chi connectivity index (χ1n) is 6.70. The molecule has 1 aliphatic rings. The van der Waals surface area contributed by atoms with E-state index in [1.807, 2.05) is 0 Å². The van der Waals surface area contributed by atoms with Crippen molar-refractivity contribution < 1.29 is 0 Å². The van der Waals surface area contributed by atoms with Crippen molar-refractivity contribution in [2.75, 3.05) is 50.5 Å². The van der Waals surface area contributed by atoms with Gasteiger partial charge in [-0.15, -0.1) is 0 Å². The molecule has 0 bridgehead atoms. The van der Waals surface area contributed by atoms with Crippen LogP contribution >= 0.6 is 11.6 Å². The SMILES string of the molecule is CN(C)CCCNc1nc(Cl)nc(N2CCCC2)n1. The largest absolute Gasteiger partial charge is 0.354 e. The molecular weight excluding hydrogens is 264 g/mol. The highest BCUT2D eigenvalue weighted by molar-refractivity contribution is 6.28. The van der Waals surface area contributed by atoms with Gasteiger partial charge in [0, 0.05) is 19.6 Å². The first-order chi connectivity index (χ1) is 9.15. The fourth-order valence-electron chi connectivity index (χ4n) is 2.07. The zero-order valence-corrected chi connectivity index (χ0v) is 12.3. The van der Waals surface area contributed by atoms with Crippen molar-refractivity contribution in [2.24, 2.45) is 0 Å². The molecule has 0 radical (unpaired) electrons. The molecule has 0 spiro atoms. The van der Waals surface area contributed by atoms with Crippen LogP contribution in [0.4, 0.5) is 11.9 Å². The Hall–Kier alpha value is -1.14. The molecule has 0 aromatic carbocycles. The van der Waals surface area contributed by atoms with Gasteiger partial charge in [0.15, 0.2) is 0 Å². The van der Waals surface area contributed by atoms with Crippen LogP contribution < -0.4 is 10.2 Å². The van der Waals surface area contributed by atoms with E-state index in [9.17, 15) is 0 Å². The second-order valence-electron chi connectivity index (χ2n) is 5.01. The summed E-state index contributed by atoms with van der Waals surface area (Å²) < 4.78 is 0. The van der Waals surface area contributed by atoms with E-state index < -0.39 is 0 Å². The highest BCUT2D eigenvalue weighted by Crippen LogP contribution is 2.18. The van der Waals surface area contributed by atoms with Crippen molar-refractivity contribution in [3.05, 3.63) is 5.28 Å². The van der Waals surface area contributed by atoms with Gasteiger partial charge in [0.1, 0.15) is 0 Å². The van der Waals surface area contributed by atoms with Crippen LogP contribution in [0.25, 0.3) is 0 Å². The third kappa shape index (κ3) is 4.47. The maximum Gasteiger partial charge on any atom is 0.231 e. The second kappa shape index (κ2) is 6.86. The lowest BCUT2D eigenvalue weighted by Gasteiger charge is -2.16. The number of hydrogen-bond acceptors (Lipinski definition) is 6. The molecule has 0 aliphatic carbocycles. The third-order valence-corrected chi connectivity index (χ3v) is 3.22. The van der Waals surface area contributed by atoms with Gasteiger partial charge in [-0.3, -0.25) is 0 Å². The maximum absolute atomic E-state index is 5.95. The average molecular weight is 285 g/mol. The predicted octanol–water partition coefficient (Wildman–Crippen LogP) is 1.49. The normalized spacial score (nSPS) is 15.3. The number of anilines is 2. The van der Waals surface area contributed by atoms with E-state index in [2.05, 4.69) is 44.2 Å². The monoisotopic (exact) mass is 284 g/mol. The summed E-state index contributed by atoms with van der Waals surface area (Å²) in [4.78, 5) is 17.0. The van der Waals surface area contributed by atoms with E-state index in [-0.39, 0.29) is 5.28 Å². The summed E-state index contributed by atoms with van der Waals surface area (Å²) in [6.45, 7) is 3.86. The Kier molecular flexibility index (Phi) is 5.15. The van der Waals surface area contributed by atoms with Crippen LogP contribution in [0.1, 0.15) is 19.3 Å². The molecule has 0 amide bonds. The first kappa shape index (κ1) is 14.3. The molecule has 1 aliphatic heterocycles. The van der Waals surface area contributed by atoms with E-state index in [1.165, 1.54) is 12.8 Å². The topological polar surface area (TPSA) is 57.2 Å². The van der Waals surface area contributed by atoms with Crippen molar-refractivity contribution >= 4 is 23.5 Å². The minimum atomic E-state index is 0.256. The Balaban J connectivity index is 1.92. The molecule has 2 heterocycles. The molecule has 0 atom stereocenters. The fourth-order valence-corrected chi connectivity index (χ4v) is 2.23. The number of aromatic nitrogens is 3. The zero-order valence-electron chi connectivity index (χ0n) is 11.6. The van der Waals surface area contributed by atoms with E-state index in [1.54, 1.807) is 0 Å². The number of hydrogen-bond donors (Lipinski definition) is 1. The van der Waals surface area contributed by atoms with Crippen LogP contribution in [0, 0.1) is 0 Å². The summed E-state index contributed by atoms with van der Waals surface area (Å²) in [5.74, 6) is 1.26. The number of rotatable bonds is 6. The molecule has 0 unspecified atom stereocenters. The Morgan fingerprint density at radius 3 is 2.63 bits per heavy atom. The molecule has 0 saturated carbocycles. The molecule has 6 nitrogen and oxygen atoms in total. The predicted molar refractivity (Wildman–Crippen MR) is 77.9 cm³/mol. The number of halogens is 1. The minimum absolute atomic E-state index is 0.256. The van der Waals surface area contributed by atoms with E-state index in [0.29, 0.717) is 11.9 Å². The summed E-state index contributed by atoms with van der Waals surface area (Å²) in [5, 5.41) is 3.46. The van der Waals surface area contributed by atoms with Gasteiger partial charge in [0.05, 0.1) is 0 Å².